The van der Waals surface area contributed by atoms with E-state index in [1.165, 1.54) is 11.3 Å². The maximum Gasteiger partial charge on any atom is 0.154 e. The molecule has 2 atom stereocenters. The van der Waals surface area contributed by atoms with Crippen LogP contribution in [-0.2, 0) is 22.9 Å². The lowest BCUT2D eigenvalue weighted by Crippen LogP contribution is -2.42. The van der Waals surface area contributed by atoms with Gasteiger partial charge in [-0.1, -0.05) is 0 Å². The van der Waals surface area contributed by atoms with Crippen LogP contribution in [0.5, 0.6) is 0 Å². The summed E-state index contributed by atoms with van der Waals surface area (Å²) in [5, 5.41) is 12.8. The third kappa shape index (κ3) is 3.52. The van der Waals surface area contributed by atoms with Gasteiger partial charge in [0.15, 0.2) is 9.84 Å². The zero-order valence-corrected chi connectivity index (χ0v) is 12.9. The molecular weight excluding hydrogens is 312 g/mol. The first-order chi connectivity index (χ1) is 10.0. The number of furan rings is 1. The van der Waals surface area contributed by atoms with Crippen LogP contribution in [0.4, 0.5) is 0 Å². The Morgan fingerprint density at radius 2 is 2.29 bits per heavy atom. The van der Waals surface area contributed by atoms with Gasteiger partial charge in [0, 0.05) is 11.6 Å². The number of hydrogen-bond donors (Lipinski definition) is 1. The van der Waals surface area contributed by atoms with Gasteiger partial charge in [-0.15, -0.1) is 11.3 Å². The minimum atomic E-state index is -3.19. The van der Waals surface area contributed by atoms with E-state index in [1.54, 1.807) is 18.5 Å². The smallest absolute Gasteiger partial charge is 0.154 e. The molecule has 0 radical (unpaired) electrons. The van der Waals surface area contributed by atoms with E-state index < -0.39 is 22.0 Å². The number of hydrogen-bond acceptors (Lipinski definition) is 7. The predicted molar refractivity (Wildman–Crippen MR) is 78.5 cm³/mol. The average molecular weight is 328 g/mol. The Labute approximate surface area is 127 Å². The molecule has 21 heavy (non-hydrogen) atoms. The van der Waals surface area contributed by atoms with Crippen molar-refractivity contribution in [2.45, 2.75) is 25.2 Å². The quantitative estimate of drug-likeness (QED) is 0.878. The topological polar surface area (TPSA) is 83.6 Å². The fourth-order valence-corrected chi connectivity index (χ4v) is 5.03. The summed E-state index contributed by atoms with van der Waals surface area (Å²) in [5.74, 6) is 0.535. The molecule has 1 aliphatic rings. The molecule has 2 unspecified atom stereocenters. The molecule has 3 heterocycles. The van der Waals surface area contributed by atoms with Gasteiger partial charge in [-0.05, 0) is 12.1 Å². The summed E-state index contributed by atoms with van der Waals surface area (Å²) >= 11 is 1.51. The lowest BCUT2D eigenvalue weighted by atomic mass is 10.1. The monoisotopic (exact) mass is 328 g/mol. The molecule has 1 N–H and O–H groups in total. The SMILES string of the molecule is O=S1(=O)CC(O)C(N(Cc2ccco2)Cc2nccs2)C1. The van der Waals surface area contributed by atoms with Crippen molar-refractivity contribution in [1.29, 1.82) is 0 Å². The van der Waals surface area contributed by atoms with Crippen molar-refractivity contribution in [2.24, 2.45) is 0 Å². The van der Waals surface area contributed by atoms with Crippen molar-refractivity contribution in [3.05, 3.63) is 40.7 Å². The highest BCUT2D eigenvalue weighted by Crippen LogP contribution is 2.23. The average Bonchev–Trinajstić information content (AvgIpc) is 3.11. The highest BCUT2D eigenvalue weighted by Gasteiger charge is 2.40. The zero-order valence-electron chi connectivity index (χ0n) is 11.3. The van der Waals surface area contributed by atoms with Gasteiger partial charge in [0.25, 0.3) is 0 Å². The Morgan fingerprint density at radius 1 is 1.43 bits per heavy atom. The van der Waals surface area contributed by atoms with Gasteiger partial charge in [0.05, 0.1) is 43.0 Å². The molecule has 0 aliphatic carbocycles. The van der Waals surface area contributed by atoms with E-state index in [4.69, 9.17) is 4.42 Å². The van der Waals surface area contributed by atoms with Gasteiger partial charge in [-0.3, -0.25) is 4.90 Å². The van der Waals surface area contributed by atoms with Crippen molar-refractivity contribution in [1.82, 2.24) is 9.88 Å². The fourth-order valence-electron chi connectivity index (χ4n) is 2.56. The molecule has 0 spiro atoms. The summed E-state index contributed by atoms with van der Waals surface area (Å²) in [6, 6.07) is 3.20. The van der Waals surface area contributed by atoms with E-state index >= 15 is 0 Å². The number of aromatic nitrogens is 1. The number of aliphatic hydroxyl groups excluding tert-OH is 1. The number of sulfone groups is 1. The predicted octanol–water partition coefficient (Wildman–Crippen LogP) is 0.896. The molecule has 2 aromatic heterocycles. The van der Waals surface area contributed by atoms with Crippen LogP contribution in [0.3, 0.4) is 0 Å². The molecule has 1 saturated heterocycles. The minimum absolute atomic E-state index is 0.0275. The fraction of sp³-hybridized carbons (Fsp3) is 0.462. The van der Waals surface area contributed by atoms with Gasteiger partial charge in [0.2, 0.25) is 0 Å². The van der Waals surface area contributed by atoms with Gasteiger partial charge in [-0.2, -0.15) is 0 Å². The van der Waals surface area contributed by atoms with Crippen LogP contribution < -0.4 is 0 Å². The summed E-state index contributed by atoms with van der Waals surface area (Å²) in [6.07, 6.45) is 2.43. The number of thiazole rings is 1. The second kappa shape index (κ2) is 5.88. The molecular formula is C13H16N2O4S2. The van der Waals surface area contributed by atoms with E-state index in [9.17, 15) is 13.5 Å². The first kappa shape index (κ1) is 14.7. The third-order valence-corrected chi connectivity index (χ3v) is 5.99. The molecule has 1 aliphatic heterocycles. The van der Waals surface area contributed by atoms with Gasteiger partial charge < -0.3 is 9.52 Å². The van der Waals surface area contributed by atoms with E-state index in [0.29, 0.717) is 13.1 Å². The summed E-state index contributed by atoms with van der Waals surface area (Å²) in [6.45, 7) is 0.944. The first-order valence-corrected chi connectivity index (χ1v) is 9.27. The molecule has 114 valence electrons. The summed E-state index contributed by atoms with van der Waals surface area (Å²) in [5.41, 5.74) is 0. The number of aliphatic hydroxyl groups is 1. The largest absolute Gasteiger partial charge is 0.468 e. The summed E-state index contributed by atoms with van der Waals surface area (Å²) in [7, 11) is -3.19. The molecule has 2 aromatic rings. The maximum absolute atomic E-state index is 11.7. The Kier molecular flexibility index (Phi) is 4.12. The summed E-state index contributed by atoms with van der Waals surface area (Å²) < 4.78 is 28.8. The van der Waals surface area contributed by atoms with E-state index in [2.05, 4.69) is 4.98 Å². The summed E-state index contributed by atoms with van der Waals surface area (Å²) in [4.78, 5) is 6.16. The van der Waals surface area contributed by atoms with Crippen LogP contribution in [0.2, 0.25) is 0 Å². The van der Waals surface area contributed by atoms with Crippen molar-refractivity contribution in [3.8, 4) is 0 Å². The highest BCUT2D eigenvalue weighted by molar-refractivity contribution is 7.91. The first-order valence-electron chi connectivity index (χ1n) is 6.57. The molecule has 3 rings (SSSR count). The Morgan fingerprint density at radius 3 is 2.86 bits per heavy atom. The maximum atomic E-state index is 11.7. The molecule has 1 fully saturated rings. The highest BCUT2D eigenvalue weighted by atomic mass is 32.2. The van der Waals surface area contributed by atoms with Crippen LogP contribution >= 0.6 is 11.3 Å². The van der Waals surface area contributed by atoms with Crippen LogP contribution in [0, 0.1) is 0 Å². The number of rotatable bonds is 5. The second-order valence-corrected chi connectivity index (χ2v) is 8.25. The molecule has 0 saturated carbocycles. The Balaban J connectivity index is 1.81. The van der Waals surface area contributed by atoms with E-state index in [-0.39, 0.29) is 11.5 Å². The van der Waals surface area contributed by atoms with Crippen molar-refractivity contribution in [3.63, 3.8) is 0 Å². The van der Waals surface area contributed by atoms with Crippen molar-refractivity contribution < 1.29 is 17.9 Å². The Bertz CT molecular complexity index is 631. The molecule has 0 amide bonds. The van der Waals surface area contributed by atoms with Gasteiger partial charge in [-0.25, -0.2) is 13.4 Å². The minimum Gasteiger partial charge on any atom is -0.468 e. The Hall–Kier alpha value is -1.22. The van der Waals surface area contributed by atoms with Crippen LogP contribution in [-0.4, -0.2) is 47.1 Å². The third-order valence-electron chi connectivity index (χ3n) is 3.52. The molecule has 8 heteroatoms. The lowest BCUT2D eigenvalue weighted by molar-refractivity contribution is 0.0685. The van der Waals surface area contributed by atoms with E-state index in [0.717, 1.165) is 10.8 Å². The van der Waals surface area contributed by atoms with Crippen LogP contribution in [0.25, 0.3) is 0 Å². The van der Waals surface area contributed by atoms with Crippen LogP contribution in [0.1, 0.15) is 10.8 Å². The van der Waals surface area contributed by atoms with Crippen LogP contribution in [0.15, 0.2) is 34.4 Å². The van der Waals surface area contributed by atoms with E-state index in [1.807, 2.05) is 16.3 Å². The van der Waals surface area contributed by atoms with Gasteiger partial charge in [0.1, 0.15) is 10.8 Å². The molecule has 0 aromatic carbocycles. The zero-order chi connectivity index (χ0) is 14.9. The lowest BCUT2D eigenvalue weighted by Gasteiger charge is -2.28. The second-order valence-electron chi connectivity index (χ2n) is 5.12. The van der Waals surface area contributed by atoms with Crippen molar-refractivity contribution in [2.75, 3.05) is 11.5 Å². The number of nitrogens with zero attached hydrogens (tertiary/aromatic N) is 2. The molecule has 6 nitrogen and oxygen atoms in total. The van der Waals surface area contributed by atoms with Crippen molar-refractivity contribution >= 4 is 21.2 Å². The molecule has 0 bridgehead atoms. The normalized spacial score (nSPS) is 24.7. The van der Waals surface area contributed by atoms with Gasteiger partial charge >= 0.3 is 0 Å². The standard InChI is InChI=1S/C13H16N2O4S2/c16-12-9-21(17,18)8-11(12)15(6-10-2-1-4-19-10)7-13-14-3-5-20-13/h1-5,11-12,16H,6-9H2.